The molecule has 5 nitrogen and oxygen atoms in total. The van der Waals surface area contributed by atoms with Crippen molar-refractivity contribution in [1.82, 2.24) is 10.6 Å². The standard InChI is InChI=1S/C18H20N2O3S/c1-22-15-7-3-13(4-8-15)11-17(21)20-18(24)19-12-14-5-9-16(23-2)10-6-14/h3-10H,11-12H2,1-2H3,(H2,19,20,21,24). The van der Waals surface area contributed by atoms with E-state index in [9.17, 15) is 4.79 Å². The summed E-state index contributed by atoms with van der Waals surface area (Å²) in [5.74, 6) is 1.40. The average Bonchev–Trinajstić information content (AvgIpc) is 2.61. The van der Waals surface area contributed by atoms with E-state index in [4.69, 9.17) is 21.7 Å². The molecule has 0 aliphatic heterocycles. The normalized spacial score (nSPS) is 9.92. The van der Waals surface area contributed by atoms with Crippen LogP contribution in [0, 0.1) is 0 Å². The number of amides is 1. The molecule has 1 amide bonds. The molecular formula is C18H20N2O3S. The minimum atomic E-state index is -0.160. The second kappa shape index (κ2) is 8.88. The summed E-state index contributed by atoms with van der Waals surface area (Å²) in [5.41, 5.74) is 1.94. The van der Waals surface area contributed by atoms with Gasteiger partial charge in [0.2, 0.25) is 5.91 Å². The number of benzene rings is 2. The van der Waals surface area contributed by atoms with Gasteiger partial charge in [-0.1, -0.05) is 24.3 Å². The highest BCUT2D eigenvalue weighted by atomic mass is 32.1. The number of hydrogen-bond acceptors (Lipinski definition) is 4. The SMILES string of the molecule is COc1ccc(CNC(=S)NC(=O)Cc2ccc(OC)cc2)cc1. The molecule has 6 heteroatoms. The van der Waals surface area contributed by atoms with Crippen LogP contribution >= 0.6 is 12.2 Å². The third-order valence-corrected chi connectivity index (χ3v) is 3.64. The van der Waals surface area contributed by atoms with E-state index in [0.717, 1.165) is 22.6 Å². The summed E-state index contributed by atoms with van der Waals surface area (Å²) in [7, 11) is 3.23. The van der Waals surface area contributed by atoms with Gasteiger partial charge in [-0.15, -0.1) is 0 Å². The molecular weight excluding hydrogens is 324 g/mol. The van der Waals surface area contributed by atoms with Gasteiger partial charge in [0.25, 0.3) is 0 Å². The number of carbonyl (C=O) groups is 1. The third kappa shape index (κ3) is 5.55. The zero-order valence-electron chi connectivity index (χ0n) is 13.7. The minimum Gasteiger partial charge on any atom is -0.497 e. The molecule has 2 aromatic rings. The summed E-state index contributed by atoms with van der Waals surface area (Å²) in [6.07, 6.45) is 0.258. The maximum atomic E-state index is 12.0. The summed E-state index contributed by atoms with van der Waals surface area (Å²) in [4.78, 5) is 12.0. The van der Waals surface area contributed by atoms with Crippen LogP contribution < -0.4 is 20.1 Å². The highest BCUT2D eigenvalue weighted by Gasteiger charge is 2.06. The van der Waals surface area contributed by atoms with Gasteiger partial charge in [0.1, 0.15) is 11.5 Å². The monoisotopic (exact) mass is 344 g/mol. The first-order chi connectivity index (χ1) is 11.6. The second-order valence-corrected chi connectivity index (χ2v) is 5.51. The molecule has 0 saturated heterocycles. The summed E-state index contributed by atoms with van der Waals surface area (Å²) >= 11 is 5.15. The highest BCUT2D eigenvalue weighted by molar-refractivity contribution is 7.80. The summed E-state index contributed by atoms with van der Waals surface area (Å²) in [6, 6.07) is 15.0. The van der Waals surface area contributed by atoms with Gasteiger partial charge in [-0.2, -0.15) is 0 Å². The first-order valence-corrected chi connectivity index (χ1v) is 7.85. The van der Waals surface area contributed by atoms with Crippen LogP contribution in [0.4, 0.5) is 0 Å². The van der Waals surface area contributed by atoms with Crippen LogP contribution in [0.25, 0.3) is 0 Å². The number of thiocarbonyl (C=S) groups is 1. The van der Waals surface area contributed by atoms with Crippen molar-refractivity contribution in [3.05, 3.63) is 59.7 Å². The van der Waals surface area contributed by atoms with E-state index < -0.39 is 0 Å². The average molecular weight is 344 g/mol. The maximum Gasteiger partial charge on any atom is 0.230 e. The van der Waals surface area contributed by atoms with Gasteiger partial charge in [0.05, 0.1) is 20.6 Å². The Kier molecular flexibility index (Phi) is 6.57. The van der Waals surface area contributed by atoms with E-state index in [2.05, 4.69) is 10.6 Å². The van der Waals surface area contributed by atoms with Gasteiger partial charge in [0, 0.05) is 6.54 Å². The van der Waals surface area contributed by atoms with E-state index in [1.807, 2.05) is 48.5 Å². The molecule has 0 fully saturated rings. The molecule has 0 radical (unpaired) electrons. The van der Waals surface area contributed by atoms with Crippen LogP contribution in [0.1, 0.15) is 11.1 Å². The predicted molar refractivity (Wildman–Crippen MR) is 97.3 cm³/mol. The molecule has 2 aromatic carbocycles. The summed E-state index contributed by atoms with van der Waals surface area (Å²) in [6.45, 7) is 0.533. The Morgan fingerprint density at radius 3 is 1.92 bits per heavy atom. The molecule has 2 N–H and O–H groups in total. The van der Waals surface area contributed by atoms with Crippen LogP contribution in [0.5, 0.6) is 11.5 Å². The fourth-order valence-corrected chi connectivity index (χ4v) is 2.26. The first-order valence-electron chi connectivity index (χ1n) is 7.44. The van der Waals surface area contributed by atoms with Crippen LogP contribution in [-0.4, -0.2) is 25.2 Å². The molecule has 0 unspecified atom stereocenters. The van der Waals surface area contributed by atoms with E-state index in [1.54, 1.807) is 14.2 Å². The third-order valence-electron chi connectivity index (χ3n) is 3.39. The predicted octanol–water partition coefficient (Wildman–Crippen LogP) is 2.44. The Morgan fingerprint density at radius 2 is 1.42 bits per heavy atom. The highest BCUT2D eigenvalue weighted by Crippen LogP contribution is 2.12. The number of methoxy groups -OCH3 is 2. The molecule has 0 aromatic heterocycles. The molecule has 0 bridgehead atoms. The number of rotatable bonds is 6. The number of carbonyl (C=O) groups excluding carboxylic acids is 1. The molecule has 0 aliphatic rings. The van der Waals surface area contributed by atoms with Crippen molar-refractivity contribution in [2.45, 2.75) is 13.0 Å². The molecule has 0 aliphatic carbocycles. The lowest BCUT2D eigenvalue weighted by Crippen LogP contribution is -2.39. The Labute approximate surface area is 147 Å². The van der Waals surface area contributed by atoms with Crippen LogP contribution in [0.3, 0.4) is 0 Å². The molecule has 0 spiro atoms. The second-order valence-electron chi connectivity index (χ2n) is 5.10. The zero-order chi connectivity index (χ0) is 17.4. The molecule has 0 atom stereocenters. The minimum absolute atomic E-state index is 0.160. The van der Waals surface area contributed by atoms with Crippen LogP contribution in [0.2, 0.25) is 0 Å². The number of ether oxygens (including phenoxy) is 2. The molecule has 126 valence electrons. The first kappa shape index (κ1) is 17.7. The molecule has 2 rings (SSSR count). The maximum absolute atomic E-state index is 12.0. The fraction of sp³-hybridized carbons (Fsp3) is 0.222. The van der Waals surface area contributed by atoms with Crippen molar-refractivity contribution >= 4 is 23.2 Å². The molecule has 0 saturated carbocycles. The number of hydrogen-bond donors (Lipinski definition) is 2. The smallest absolute Gasteiger partial charge is 0.230 e. The van der Waals surface area contributed by atoms with E-state index in [1.165, 1.54) is 0 Å². The fourth-order valence-electron chi connectivity index (χ4n) is 2.07. The van der Waals surface area contributed by atoms with E-state index in [0.29, 0.717) is 11.7 Å². The summed E-state index contributed by atoms with van der Waals surface area (Å²) in [5, 5.41) is 5.99. The van der Waals surface area contributed by atoms with Gasteiger partial charge < -0.3 is 20.1 Å². The molecule has 0 heterocycles. The lowest BCUT2D eigenvalue weighted by atomic mass is 10.1. The van der Waals surface area contributed by atoms with E-state index in [-0.39, 0.29) is 12.3 Å². The van der Waals surface area contributed by atoms with Crippen molar-refractivity contribution in [3.8, 4) is 11.5 Å². The van der Waals surface area contributed by atoms with Gasteiger partial charge in [0.15, 0.2) is 5.11 Å². The van der Waals surface area contributed by atoms with Gasteiger partial charge in [-0.3, -0.25) is 4.79 Å². The Balaban J connectivity index is 1.77. The molecule has 24 heavy (non-hydrogen) atoms. The van der Waals surface area contributed by atoms with Crippen LogP contribution in [0.15, 0.2) is 48.5 Å². The number of nitrogens with one attached hydrogen (secondary N) is 2. The van der Waals surface area contributed by atoms with Crippen molar-refractivity contribution in [2.24, 2.45) is 0 Å². The summed E-state index contributed by atoms with van der Waals surface area (Å²) < 4.78 is 10.2. The van der Waals surface area contributed by atoms with Crippen molar-refractivity contribution in [3.63, 3.8) is 0 Å². The lowest BCUT2D eigenvalue weighted by molar-refractivity contribution is -0.119. The Bertz CT molecular complexity index is 684. The van der Waals surface area contributed by atoms with E-state index >= 15 is 0 Å². The largest absolute Gasteiger partial charge is 0.497 e. The zero-order valence-corrected chi connectivity index (χ0v) is 14.5. The van der Waals surface area contributed by atoms with Gasteiger partial charge >= 0.3 is 0 Å². The topological polar surface area (TPSA) is 59.6 Å². The van der Waals surface area contributed by atoms with Crippen molar-refractivity contribution < 1.29 is 14.3 Å². The Morgan fingerprint density at radius 1 is 0.917 bits per heavy atom. The Hall–Kier alpha value is -2.60. The van der Waals surface area contributed by atoms with Crippen molar-refractivity contribution in [1.29, 1.82) is 0 Å². The van der Waals surface area contributed by atoms with Crippen LogP contribution in [-0.2, 0) is 17.8 Å². The lowest BCUT2D eigenvalue weighted by Gasteiger charge is -2.10. The van der Waals surface area contributed by atoms with Gasteiger partial charge in [-0.05, 0) is 47.6 Å². The van der Waals surface area contributed by atoms with Crippen molar-refractivity contribution in [2.75, 3.05) is 14.2 Å². The quantitative estimate of drug-likeness (QED) is 0.788. The van der Waals surface area contributed by atoms with Gasteiger partial charge in [-0.25, -0.2) is 0 Å².